The molecule has 0 saturated carbocycles. The van der Waals surface area contributed by atoms with Gasteiger partial charge in [0.15, 0.2) is 0 Å². The third-order valence-electron chi connectivity index (χ3n) is 3.67. The minimum Gasteiger partial charge on any atom is -0.478 e. The summed E-state index contributed by atoms with van der Waals surface area (Å²) in [6.45, 7) is 1.90. The van der Waals surface area contributed by atoms with E-state index in [0.29, 0.717) is 11.4 Å². The summed E-state index contributed by atoms with van der Waals surface area (Å²) in [7, 11) is 0. The lowest BCUT2D eigenvalue weighted by molar-refractivity contribution is 0.0698. The predicted molar refractivity (Wildman–Crippen MR) is 93.5 cm³/mol. The fraction of sp³-hybridized carbons (Fsp3) is 0.0556. The number of nitrogens with zero attached hydrogens (tertiary/aromatic N) is 2. The van der Waals surface area contributed by atoms with Gasteiger partial charge in [0.25, 0.3) is 0 Å². The summed E-state index contributed by atoms with van der Waals surface area (Å²) in [4.78, 5) is 12.3. The second-order valence-corrected chi connectivity index (χ2v) is 5.59. The first kappa shape index (κ1) is 15.2. The van der Waals surface area contributed by atoms with Gasteiger partial charge in [0.05, 0.1) is 11.3 Å². The number of carbonyl (C=O) groups is 1. The van der Waals surface area contributed by atoms with Crippen molar-refractivity contribution < 1.29 is 9.90 Å². The standard InChI is InChI=1S/C18H14N2O2S/c1-11-15(7-4-8-16(11)23)19-20-17-13-6-3-2-5-12(13)9-10-14(17)18(21)22/h2-10,23H,1H3,(H,21,22). The summed E-state index contributed by atoms with van der Waals surface area (Å²) in [6, 6.07) is 16.4. The van der Waals surface area contributed by atoms with Crippen LogP contribution in [0.5, 0.6) is 0 Å². The van der Waals surface area contributed by atoms with Crippen LogP contribution in [0.2, 0.25) is 0 Å². The van der Waals surface area contributed by atoms with Crippen molar-refractivity contribution in [1.82, 2.24) is 0 Å². The molecule has 0 aromatic heterocycles. The van der Waals surface area contributed by atoms with Crippen LogP contribution in [0.1, 0.15) is 15.9 Å². The van der Waals surface area contributed by atoms with E-state index in [9.17, 15) is 9.90 Å². The average Bonchev–Trinajstić information content (AvgIpc) is 2.55. The number of rotatable bonds is 3. The molecule has 0 heterocycles. The highest BCUT2D eigenvalue weighted by Crippen LogP contribution is 2.33. The molecule has 3 aromatic carbocycles. The maximum Gasteiger partial charge on any atom is 0.337 e. The fourth-order valence-corrected chi connectivity index (χ4v) is 2.56. The molecule has 0 saturated heterocycles. The molecule has 0 aliphatic carbocycles. The molecule has 0 unspecified atom stereocenters. The Kier molecular flexibility index (Phi) is 4.12. The number of aromatic carboxylic acids is 1. The summed E-state index contributed by atoms with van der Waals surface area (Å²) >= 11 is 4.36. The molecule has 0 fully saturated rings. The Hall–Kier alpha value is -2.66. The number of benzene rings is 3. The number of hydrogen-bond donors (Lipinski definition) is 2. The largest absolute Gasteiger partial charge is 0.478 e. The van der Waals surface area contributed by atoms with Gasteiger partial charge in [-0.1, -0.05) is 36.4 Å². The van der Waals surface area contributed by atoms with E-state index in [0.717, 1.165) is 21.2 Å². The second-order valence-electron chi connectivity index (χ2n) is 5.11. The normalized spacial score (nSPS) is 11.2. The van der Waals surface area contributed by atoms with Crippen LogP contribution in [-0.4, -0.2) is 11.1 Å². The topological polar surface area (TPSA) is 62.0 Å². The molecule has 0 bridgehead atoms. The molecule has 0 aliphatic rings. The predicted octanol–water partition coefficient (Wildman–Crippen LogP) is 5.55. The Balaban J connectivity index is 2.18. The van der Waals surface area contributed by atoms with Gasteiger partial charge in [-0.25, -0.2) is 4.79 Å². The van der Waals surface area contributed by atoms with Crippen LogP contribution in [0.4, 0.5) is 11.4 Å². The van der Waals surface area contributed by atoms with E-state index in [1.165, 1.54) is 0 Å². The highest BCUT2D eigenvalue weighted by Gasteiger charge is 2.13. The second kappa shape index (κ2) is 6.22. The van der Waals surface area contributed by atoms with Crippen LogP contribution >= 0.6 is 12.6 Å². The van der Waals surface area contributed by atoms with Crippen LogP contribution in [0, 0.1) is 6.92 Å². The lowest BCUT2D eigenvalue weighted by Gasteiger charge is -2.06. The van der Waals surface area contributed by atoms with Gasteiger partial charge in [-0.3, -0.25) is 0 Å². The van der Waals surface area contributed by atoms with Crippen molar-refractivity contribution in [2.45, 2.75) is 11.8 Å². The summed E-state index contributed by atoms with van der Waals surface area (Å²) < 4.78 is 0. The van der Waals surface area contributed by atoms with Gasteiger partial charge in [0.1, 0.15) is 5.69 Å². The first-order valence-corrected chi connectivity index (χ1v) is 7.48. The van der Waals surface area contributed by atoms with E-state index in [1.807, 2.05) is 49.4 Å². The Morgan fingerprint density at radius 1 is 1.00 bits per heavy atom. The Morgan fingerprint density at radius 3 is 2.57 bits per heavy atom. The lowest BCUT2D eigenvalue weighted by Crippen LogP contribution is -1.96. The van der Waals surface area contributed by atoms with Gasteiger partial charge in [-0.2, -0.15) is 5.11 Å². The molecule has 0 amide bonds. The van der Waals surface area contributed by atoms with Crippen molar-refractivity contribution in [3.63, 3.8) is 0 Å². The molecule has 114 valence electrons. The van der Waals surface area contributed by atoms with Gasteiger partial charge >= 0.3 is 5.97 Å². The molecular formula is C18H14N2O2S. The van der Waals surface area contributed by atoms with Crippen molar-refractivity contribution in [2.75, 3.05) is 0 Å². The molecule has 0 aliphatic heterocycles. The maximum absolute atomic E-state index is 11.5. The first-order valence-electron chi connectivity index (χ1n) is 7.03. The number of azo groups is 1. The highest BCUT2D eigenvalue weighted by molar-refractivity contribution is 7.80. The molecule has 0 spiro atoms. The minimum absolute atomic E-state index is 0.132. The van der Waals surface area contributed by atoms with Gasteiger partial charge in [0.2, 0.25) is 0 Å². The van der Waals surface area contributed by atoms with Crippen molar-refractivity contribution in [3.05, 3.63) is 65.7 Å². The van der Waals surface area contributed by atoms with Crippen molar-refractivity contribution in [1.29, 1.82) is 0 Å². The Bertz CT molecular complexity index is 935. The zero-order valence-corrected chi connectivity index (χ0v) is 13.3. The molecule has 3 aromatic rings. The Morgan fingerprint density at radius 2 is 1.78 bits per heavy atom. The average molecular weight is 322 g/mol. The smallest absolute Gasteiger partial charge is 0.337 e. The van der Waals surface area contributed by atoms with E-state index < -0.39 is 5.97 Å². The fourth-order valence-electron chi connectivity index (χ4n) is 2.36. The number of thiol groups is 1. The summed E-state index contributed by atoms with van der Waals surface area (Å²) in [6.07, 6.45) is 0. The number of fused-ring (bicyclic) bond motifs is 1. The van der Waals surface area contributed by atoms with E-state index in [2.05, 4.69) is 22.9 Å². The molecular weight excluding hydrogens is 308 g/mol. The molecule has 3 rings (SSSR count). The third kappa shape index (κ3) is 2.96. The van der Waals surface area contributed by atoms with Crippen molar-refractivity contribution in [3.8, 4) is 0 Å². The summed E-state index contributed by atoms with van der Waals surface area (Å²) in [5.74, 6) is -1.02. The molecule has 23 heavy (non-hydrogen) atoms. The monoisotopic (exact) mass is 322 g/mol. The van der Waals surface area contributed by atoms with Crippen molar-refractivity contribution >= 4 is 40.7 Å². The quantitative estimate of drug-likeness (QED) is 0.490. The molecule has 1 N–H and O–H groups in total. The highest BCUT2D eigenvalue weighted by atomic mass is 32.1. The Labute approximate surface area is 138 Å². The number of carboxylic acids is 1. The van der Waals surface area contributed by atoms with Crippen LogP contribution < -0.4 is 0 Å². The first-order chi connectivity index (χ1) is 11.1. The van der Waals surface area contributed by atoms with Crippen LogP contribution in [0.15, 0.2) is 69.7 Å². The van der Waals surface area contributed by atoms with Gasteiger partial charge in [-0.05, 0) is 36.1 Å². The number of carboxylic acid groups (broad SMARTS) is 1. The molecule has 0 atom stereocenters. The molecule has 5 heteroatoms. The van der Waals surface area contributed by atoms with Crippen LogP contribution in [0.3, 0.4) is 0 Å². The van der Waals surface area contributed by atoms with E-state index in [4.69, 9.17) is 0 Å². The van der Waals surface area contributed by atoms with Gasteiger partial charge < -0.3 is 5.11 Å². The van der Waals surface area contributed by atoms with Gasteiger partial charge in [-0.15, -0.1) is 17.7 Å². The maximum atomic E-state index is 11.5. The van der Waals surface area contributed by atoms with E-state index >= 15 is 0 Å². The molecule has 0 radical (unpaired) electrons. The van der Waals surface area contributed by atoms with Crippen LogP contribution in [0.25, 0.3) is 10.8 Å². The SMILES string of the molecule is Cc1c(S)cccc1N=Nc1c(C(=O)O)ccc2ccccc12. The zero-order valence-electron chi connectivity index (χ0n) is 12.4. The zero-order chi connectivity index (χ0) is 16.4. The molecule has 4 nitrogen and oxygen atoms in total. The number of hydrogen-bond acceptors (Lipinski definition) is 4. The lowest BCUT2D eigenvalue weighted by atomic mass is 10.0. The van der Waals surface area contributed by atoms with Crippen LogP contribution in [-0.2, 0) is 0 Å². The van der Waals surface area contributed by atoms with Crippen molar-refractivity contribution in [2.24, 2.45) is 10.2 Å². The van der Waals surface area contributed by atoms with Gasteiger partial charge in [0, 0.05) is 10.3 Å². The summed E-state index contributed by atoms with van der Waals surface area (Å²) in [5, 5.41) is 19.6. The minimum atomic E-state index is -1.02. The van der Waals surface area contributed by atoms with E-state index in [-0.39, 0.29) is 5.56 Å². The third-order valence-corrected chi connectivity index (χ3v) is 4.15. The van der Waals surface area contributed by atoms with E-state index in [1.54, 1.807) is 12.1 Å². The summed E-state index contributed by atoms with van der Waals surface area (Å²) in [5.41, 5.74) is 2.06.